The van der Waals surface area contributed by atoms with Gasteiger partial charge in [0.1, 0.15) is 0 Å². The van der Waals surface area contributed by atoms with E-state index in [0.717, 1.165) is 24.9 Å². The zero-order chi connectivity index (χ0) is 16.6. The van der Waals surface area contributed by atoms with Crippen LogP contribution in [0.2, 0.25) is 0 Å². The monoisotopic (exact) mass is 455 g/mol. The Balaban J connectivity index is 0.00000484. The first kappa shape index (κ1) is 22.5. The topological polar surface area (TPSA) is 75.3 Å². The third-order valence-corrected chi connectivity index (χ3v) is 4.38. The Morgan fingerprint density at radius 2 is 2.04 bits per heavy atom. The molecule has 0 aliphatic rings. The van der Waals surface area contributed by atoms with E-state index in [1.165, 1.54) is 0 Å². The van der Waals surface area contributed by atoms with Crippen molar-refractivity contribution in [2.75, 3.05) is 25.9 Å². The van der Waals surface area contributed by atoms with E-state index in [4.69, 9.17) is 4.52 Å². The highest BCUT2D eigenvalue weighted by Crippen LogP contribution is 2.20. The molecule has 134 valence electrons. The molecule has 0 aliphatic heterocycles. The third kappa shape index (κ3) is 8.78. The Hall–Kier alpha value is -0.510. The molecular formula is C15H30IN5OS. The number of nitrogens with one attached hydrogen (secondary N) is 2. The molecule has 0 saturated heterocycles. The van der Waals surface area contributed by atoms with Gasteiger partial charge in [0.05, 0.1) is 6.54 Å². The quantitative estimate of drug-likeness (QED) is 0.357. The number of hydrogen-bond acceptors (Lipinski definition) is 5. The molecule has 1 aromatic rings. The first-order valence-electron chi connectivity index (χ1n) is 7.77. The maximum absolute atomic E-state index is 5.23. The molecule has 0 amide bonds. The molecule has 0 aliphatic carbocycles. The SMILES string of the molecule is CCNC(=NCC(C)(C)SC)NCCc1nc(C(C)C)no1.I. The first-order chi connectivity index (χ1) is 10.4. The Kier molecular flexibility index (Phi) is 10.9. The van der Waals surface area contributed by atoms with Gasteiger partial charge >= 0.3 is 0 Å². The van der Waals surface area contributed by atoms with Gasteiger partial charge in [0.25, 0.3) is 0 Å². The highest BCUT2D eigenvalue weighted by atomic mass is 127. The normalized spacial score (nSPS) is 12.2. The highest BCUT2D eigenvalue weighted by Gasteiger charge is 2.15. The van der Waals surface area contributed by atoms with Crippen LogP contribution >= 0.6 is 35.7 Å². The average molecular weight is 455 g/mol. The van der Waals surface area contributed by atoms with Gasteiger partial charge in [-0.05, 0) is 27.0 Å². The lowest BCUT2D eigenvalue weighted by atomic mass is 10.2. The van der Waals surface area contributed by atoms with Crippen LogP contribution in [0.4, 0.5) is 0 Å². The summed E-state index contributed by atoms with van der Waals surface area (Å²) < 4.78 is 5.37. The summed E-state index contributed by atoms with van der Waals surface area (Å²) in [6.45, 7) is 12.9. The molecule has 0 aromatic carbocycles. The minimum atomic E-state index is 0. The van der Waals surface area contributed by atoms with E-state index in [2.05, 4.69) is 66.6 Å². The Morgan fingerprint density at radius 3 is 2.57 bits per heavy atom. The lowest BCUT2D eigenvalue weighted by Gasteiger charge is -2.20. The largest absolute Gasteiger partial charge is 0.357 e. The summed E-state index contributed by atoms with van der Waals surface area (Å²) in [5, 5.41) is 10.5. The molecule has 8 heteroatoms. The summed E-state index contributed by atoms with van der Waals surface area (Å²) in [5.41, 5.74) is 0. The standard InChI is InChI=1S/C15H29N5OS.HI/c1-7-16-14(18-10-15(4,5)22-6)17-9-8-12-19-13(11(2)3)20-21-12;/h11H,7-10H2,1-6H3,(H2,16,17,18);1H. The molecule has 0 bridgehead atoms. The summed E-state index contributed by atoms with van der Waals surface area (Å²) in [6, 6.07) is 0. The molecule has 1 aromatic heterocycles. The predicted octanol–water partition coefficient (Wildman–Crippen LogP) is 3.05. The average Bonchev–Trinajstić information content (AvgIpc) is 2.94. The van der Waals surface area contributed by atoms with Crippen molar-refractivity contribution >= 4 is 41.7 Å². The van der Waals surface area contributed by atoms with Gasteiger partial charge in [-0.3, -0.25) is 4.99 Å². The molecule has 2 N–H and O–H groups in total. The minimum Gasteiger partial charge on any atom is -0.357 e. The van der Waals surface area contributed by atoms with Gasteiger partial charge in [-0.25, -0.2) is 0 Å². The molecule has 0 radical (unpaired) electrons. The van der Waals surface area contributed by atoms with Gasteiger partial charge in [0.15, 0.2) is 11.8 Å². The van der Waals surface area contributed by atoms with E-state index in [1.54, 1.807) is 0 Å². The van der Waals surface area contributed by atoms with Crippen molar-refractivity contribution in [3.63, 3.8) is 0 Å². The van der Waals surface area contributed by atoms with E-state index >= 15 is 0 Å². The predicted molar refractivity (Wildman–Crippen MR) is 109 cm³/mol. The summed E-state index contributed by atoms with van der Waals surface area (Å²) in [6.07, 6.45) is 2.80. The van der Waals surface area contributed by atoms with Crippen molar-refractivity contribution in [2.24, 2.45) is 4.99 Å². The van der Waals surface area contributed by atoms with Crippen LogP contribution in [0.5, 0.6) is 0 Å². The maximum Gasteiger partial charge on any atom is 0.228 e. The zero-order valence-corrected chi connectivity index (χ0v) is 18.1. The number of nitrogens with zero attached hydrogens (tertiary/aromatic N) is 3. The molecule has 0 unspecified atom stereocenters. The molecule has 0 saturated carbocycles. The van der Waals surface area contributed by atoms with Crippen LogP contribution in [0.25, 0.3) is 0 Å². The Bertz CT molecular complexity index is 476. The lowest BCUT2D eigenvalue weighted by Crippen LogP contribution is -2.39. The maximum atomic E-state index is 5.23. The molecule has 0 spiro atoms. The summed E-state index contributed by atoms with van der Waals surface area (Å²) in [5.74, 6) is 2.54. The fraction of sp³-hybridized carbons (Fsp3) is 0.800. The van der Waals surface area contributed by atoms with Gasteiger partial charge < -0.3 is 15.2 Å². The van der Waals surface area contributed by atoms with Crippen LogP contribution < -0.4 is 10.6 Å². The molecule has 1 rings (SSSR count). The van der Waals surface area contributed by atoms with E-state index in [0.29, 0.717) is 18.9 Å². The minimum absolute atomic E-state index is 0. The Morgan fingerprint density at radius 1 is 1.35 bits per heavy atom. The molecule has 6 nitrogen and oxygen atoms in total. The molecule has 23 heavy (non-hydrogen) atoms. The van der Waals surface area contributed by atoms with Crippen LogP contribution in [0.1, 0.15) is 52.3 Å². The number of aliphatic imine (C=N–C) groups is 1. The molecule has 0 fully saturated rings. The van der Waals surface area contributed by atoms with Gasteiger partial charge in [-0.2, -0.15) is 16.7 Å². The van der Waals surface area contributed by atoms with Crippen molar-refractivity contribution in [3.05, 3.63) is 11.7 Å². The van der Waals surface area contributed by atoms with Crippen molar-refractivity contribution in [1.82, 2.24) is 20.8 Å². The van der Waals surface area contributed by atoms with E-state index in [-0.39, 0.29) is 34.6 Å². The van der Waals surface area contributed by atoms with Gasteiger partial charge in [-0.15, -0.1) is 24.0 Å². The molecular weight excluding hydrogens is 425 g/mol. The van der Waals surface area contributed by atoms with E-state index in [9.17, 15) is 0 Å². The second kappa shape index (κ2) is 11.1. The smallest absolute Gasteiger partial charge is 0.228 e. The van der Waals surface area contributed by atoms with Crippen LogP contribution in [0.3, 0.4) is 0 Å². The summed E-state index contributed by atoms with van der Waals surface area (Å²) in [4.78, 5) is 9.00. The van der Waals surface area contributed by atoms with Crippen molar-refractivity contribution < 1.29 is 4.52 Å². The van der Waals surface area contributed by atoms with Crippen LogP contribution in [0.15, 0.2) is 9.52 Å². The number of guanidine groups is 1. The fourth-order valence-corrected chi connectivity index (χ4v) is 1.76. The van der Waals surface area contributed by atoms with Crippen LogP contribution in [-0.2, 0) is 6.42 Å². The van der Waals surface area contributed by atoms with Crippen LogP contribution in [-0.4, -0.2) is 46.7 Å². The third-order valence-electron chi connectivity index (χ3n) is 3.15. The number of rotatable bonds is 8. The fourth-order valence-electron chi connectivity index (χ4n) is 1.57. The highest BCUT2D eigenvalue weighted by molar-refractivity contribution is 14.0. The number of hydrogen-bond donors (Lipinski definition) is 2. The van der Waals surface area contributed by atoms with Gasteiger partial charge in [0.2, 0.25) is 5.89 Å². The lowest BCUT2D eigenvalue weighted by molar-refractivity contribution is 0.371. The zero-order valence-electron chi connectivity index (χ0n) is 15.0. The van der Waals surface area contributed by atoms with Crippen LogP contribution in [0, 0.1) is 0 Å². The number of aromatic nitrogens is 2. The second-order valence-electron chi connectivity index (χ2n) is 6.04. The van der Waals surface area contributed by atoms with Gasteiger partial charge in [0, 0.05) is 30.2 Å². The van der Waals surface area contributed by atoms with E-state index < -0.39 is 0 Å². The number of thioether (sulfide) groups is 1. The molecule has 0 atom stereocenters. The second-order valence-corrected chi connectivity index (χ2v) is 7.55. The first-order valence-corrected chi connectivity index (χ1v) is 9.00. The molecule has 1 heterocycles. The van der Waals surface area contributed by atoms with Crippen molar-refractivity contribution in [3.8, 4) is 0 Å². The van der Waals surface area contributed by atoms with Crippen molar-refractivity contribution in [1.29, 1.82) is 0 Å². The number of halogens is 1. The summed E-state index contributed by atoms with van der Waals surface area (Å²) in [7, 11) is 0. The van der Waals surface area contributed by atoms with E-state index in [1.807, 2.05) is 11.8 Å². The summed E-state index contributed by atoms with van der Waals surface area (Å²) >= 11 is 1.82. The Labute approximate surface area is 161 Å². The van der Waals surface area contributed by atoms with Crippen molar-refractivity contribution in [2.45, 2.75) is 51.7 Å². The van der Waals surface area contributed by atoms with Gasteiger partial charge in [-0.1, -0.05) is 19.0 Å².